The molecule has 0 saturated heterocycles. The van der Waals surface area contributed by atoms with Crippen molar-refractivity contribution in [2.24, 2.45) is 0 Å². The van der Waals surface area contributed by atoms with E-state index in [0.717, 1.165) is 33.0 Å². The molecular formula is C22H20ClNO5S. The minimum Gasteiger partial charge on any atom is -0.467 e. The molecule has 8 heteroatoms. The summed E-state index contributed by atoms with van der Waals surface area (Å²) in [7, 11) is 0. The van der Waals surface area contributed by atoms with Crippen molar-refractivity contribution in [1.29, 1.82) is 0 Å². The van der Waals surface area contributed by atoms with Crippen LogP contribution in [0.2, 0.25) is 5.02 Å². The van der Waals surface area contributed by atoms with Gasteiger partial charge in [-0.2, -0.15) is 0 Å². The van der Waals surface area contributed by atoms with Gasteiger partial charge in [-0.1, -0.05) is 28.9 Å². The highest BCUT2D eigenvalue weighted by molar-refractivity contribution is 7.98. The molecule has 3 aromatic rings. The second kappa shape index (κ2) is 9.12. The lowest BCUT2D eigenvalue weighted by Gasteiger charge is -2.21. The van der Waals surface area contributed by atoms with Crippen LogP contribution in [0, 0.1) is 13.8 Å². The summed E-state index contributed by atoms with van der Waals surface area (Å²) in [5.74, 6) is 1.70. The van der Waals surface area contributed by atoms with Crippen LogP contribution in [0.1, 0.15) is 38.5 Å². The number of aromatic nitrogens is 1. The number of ether oxygens (including phenoxy) is 3. The average Bonchev–Trinajstić information content (AvgIpc) is 3.07. The Morgan fingerprint density at radius 2 is 2.10 bits per heavy atom. The number of aryl methyl sites for hydroxylation is 2. The SMILES string of the molecule is Cc1noc(C)c1CSc1ccccc1C(=O)OCc1cc(Cl)cc2c1OCOC2. The van der Waals surface area contributed by atoms with E-state index < -0.39 is 5.97 Å². The van der Waals surface area contributed by atoms with Gasteiger partial charge in [0.05, 0.1) is 17.9 Å². The maximum atomic E-state index is 12.8. The van der Waals surface area contributed by atoms with Gasteiger partial charge in [0.1, 0.15) is 18.1 Å². The number of halogens is 1. The standard InChI is InChI=1S/C22H20ClNO5S/c1-13-19(14(2)29-24-13)11-30-20-6-4-3-5-18(20)22(25)27-10-16-8-17(23)7-15-9-26-12-28-21(15)16/h3-8H,9-12H2,1-2H3. The first-order valence-electron chi connectivity index (χ1n) is 9.35. The van der Waals surface area contributed by atoms with Gasteiger partial charge in [-0.3, -0.25) is 0 Å². The van der Waals surface area contributed by atoms with Crippen LogP contribution in [0.15, 0.2) is 45.8 Å². The molecule has 0 unspecified atom stereocenters. The van der Waals surface area contributed by atoms with Crippen molar-refractivity contribution in [2.45, 2.75) is 37.7 Å². The van der Waals surface area contributed by atoms with E-state index in [9.17, 15) is 4.79 Å². The molecule has 1 aliphatic heterocycles. The molecule has 0 radical (unpaired) electrons. The fourth-order valence-corrected chi connectivity index (χ4v) is 4.66. The second-order valence-corrected chi connectivity index (χ2v) is 8.28. The molecule has 1 aromatic heterocycles. The van der Waals surface area contributed by atoms with E-state index in [2.05, 4.69) is 5.16 Å². The van der Waals surface area contributed by atoms with Crippen LogP contribution in [0.5, 0.6) is 5.75 Å². The van der Waals surface area contributed by atoms with Crippen LogP contribution in [0.3, 0.4) is 0 Å². The maximum absolute atomic E-state index is 12.8. The molecular weight excluding hydrogens is 426 g/mol. The smallest absolute Gasteiger partial charge is 0.339 e. The molecule has 0 amide bonds. The lowest BCUT2D eigenvalue weighted by molar-refractivity contribution is -0.0180. The fourth-order valence-electron chi connectivity index (χ4n) is 3.20. The number of carbonyl (C=O) groups excluding carboxylic acids is 1. The van der Waals surface area contributed by atoms with Crippen LogP contribution in [-0.4, -0.2) is 17.9 Å². The van der Waals surface area contributed by atoms with E-state index in [4.69, 9.17) is 30.3 Å². The van der Waals surface area contributed by atoms with Crippen molar-refractivity contribution in [3.8, 4) is 5.75 Å². The quantitative estimate of drug-likeness (QED) is 0.368. The summed E-state index contributed by atoms with van der Waals surface area (Å²) < 4.78 is 21.7. The second-order valence-electron chi connectivity index (χ2n) is 6.83. The predicted octanol–water partition coefficient (Wildman–Crippen LogP) is 5.46. The summed E-state index contributed by atoms with van der Waals surface area (Å²) in [6, 6.07) is 10.9. The number of fused-ring (bicyclic) bond motifs is 1. The third kappa shape index (κ3) is 4.48. The van der Waals surface area contributed by atoms with Crippen molar-refractivity contribution >= 4 is 29.3 Å². The first-order valence-corrected chi connectivity index (χ1v) is 10.7. The van der Waals surface area contributed by atoms with Crippen LogP contribution >= 0.6 is 23.4 Å². The highest BCUT2D eigenvalue weighted by Crippen LogP contribution is 2.33. The zero-order valence-electron chi connectivity index (χ0n) is 16.6. The van der Waals surface area contributed by atoms with E-state index in [0.29, 0.717) is 28.7 Å². The number of benzene rings is 2. The molecule has 30 heavy (non-hydrogen) atoms. The summed E-state index contributed by atoms with van der Waals surface area (Å²) in [6.07, 6.45) is 0. The highest BCUT2D eigenvalue weighted by atomic mass is 35.5. The monoisotopic (exact) mass is 445 g/mol. The molecule has 4 rings (SSSR count). The number of nitrogens with zero attached hydrogens (tertiary/aromatic N) is 1. The Morgan fingerprint density at radius 1 is 1.27 bits per heavy atom. The molecule has 1 aliphatic rings. The van der Waals surface area contributed by atoms with Crippen LogP contribution in [0.25, 0.3) is 0 Å². The van der Waals surface area contributed by atoms with Gasteiger partial charge < -0.3 is 18.7 Å². The molecule has 2 aromatic carbocycles. The fraction of sp³-hybridized carbons (Fsp3) is 0.273. The summed E-state index contributed by atoms with van der Waals surface area (Å²) in [6.45, 7) is 4.43. The molecule has 0 bridgehead atoms. The zero-order valence-corrected chi connectivity index (χ0v) is 18.1. The number of thioether (sulfide) groups is 1. The van der Waals surface area contributed by atoms with Gasteiger partial charge in [-0.05, 0) is 38.1 Å². The van der Waals surface area contributed by atoms with E-state index in [1.165, 1.54) is 0 Å². The average molecular weight is 446 g/mol. The van der Waals surface area contributed by atoms with E-state index in [1.54, 1.807) is 30.0 Å². The zero-order chi connectivity index (χ0) is 21.1. The number of esters is 1. The number of carbonyl (C=O) groups is 1. The molecule has 156 valence electrons. The van der Waals surface area contributed by atoms with Crippen LogP contribution < -0.4 is 4.74 Å². The van der Waals surface area contributed by atoms with E-state index >= 15 is 0 Å². The molecule has 0 aliphatic carbocycles. The van der Waals surface area contributed by atoms with E-state index in [-0.39, 0.29) is 13.4 Å². The molecule has 6 nitrogen and oxygen atoms in total. The molecule has 0 spiro atoms. The minimum absolute atomic E-state index is 0.0601. The molecule has 0 fully saturated rings. The topological polar surface area (TPSA) is 70.8 Å². The Labute approximate surface area is 183 Å². The van der Waals surface area contributed by atoms with Gasteiger partial charge in [0.2, 0.25) is 0 Å². The molecule has 0 saturated carbocycles. The number of hydrogen-bond donors (Lipinski definition) is 0. The Kier molecular flexibility index (Phi) is 6.32. The predicted molar refractivity (Wildman–Crippen MR) is 113 cm³/mol. The van der Waals surface area contributed by atoms with Gasteiger partial charge in [0.25, 0.3) is 0 Å². The Bertz CT molecular complexity index is 1060. The molecule has 2 heterocycles. The Balaban J connectivity index is 1.48. The van der Waals surface area contributed by atoms with Crippen molar-refractivity contribution in [3.63, 3.8) is 0 Å². The Morgan fingerprint density at radius 3 is 2.90 bits per heavy atom. The van der Waals surface area contributed by atoms with E-state index in [1.807, 2.05) is 32.0 Å². The molecule has 0 atom stereocenters. The third-order valence-corrected chi connectivity index (χ3v) is 6.09. The van der Waals surface area contributed by atoms with Crippen molar-refractivity contribution < 1.29 is 23.5 Å². The van der Waals surface area contributed by atoms with Crippen molar-refractivity contribution in [2.75, 3.05) is 6.79 Å². The van der Waals surface area contributed by atoms with Gasteiger partial charge >= 0.3 is 5.97 Å². The summed E-state index contributed by atoms with van der Waals surface area (Å²) in [5.41, 5.74) is 3.96. The van der Waals surface area contributed by atoms with Gasteiger partial charge in [-0.25, -0.2) is 4.79 Å². The molecule has 0 N–H and O–H groups in total. The first kappa shape index (κ1) is 20.8. The minimum atomic E-state index is -0.405. The lowest BCUT2D eigenvalue weighted by atomic mass is 10.1. The summed E-state index contributed by atoms with van der Waals surface area (Å²) in [5, 5.41) is 4.53. The third-order valence-electron chi connectivity index (χ3n) is 4.77. The first-order chi connectivity index (χ1) is 14.5. The number of rotatable bonds is 6. The largest absolute Gasteiger partial charge is 0.467 e. The van der Waals surface area contributed by atoms with Gasteiger partial charge in [0, 0.05) is 32.4 Å². The maximum Gasteiger partial charge on any atom is 0.339 e. The Hall–Kier alpha value is -2.48. The van der Waals surface area contributed by atoms with Crippen LogP contribution in [-0.2, 0) is 28.4 Å². The van der Waals surface area contributed by atoms with Crippen LogP contribution in [0.4, 0.5) is 0 Å². The van der Waals surface area contributed by atoms with Crippen molar-refractivity contribution in [3.05, 3.63) is 75.1 Å². The number of hydrogen-bond acceptors (Lipinski definition) is 7. The normalized spacial score (nSPS) is 12.9. The summed E-state index contributed by atoms with van der Waals surface area (Å²) >= 11 is 7.73. The van der Waals surface area contributed by atoms with Crippen molar-refractivity contribution in [1.82, 2.24) is 5.16 Å². The highest BCUT2D eigenvalue weighted by Gasteiger charge is 2.19. The van der Waals surface area contributed by atoms with Gasteiger partial charge in [-0.15, -0.1) is 11.8 Å². The summed E-state index contributed by atoms with van der Waals surface area (Å²) in [4.78, 5) is 13.7. The lowest BCUT2D eigenvalue weighted by Crippen LogP contribution is -2.14. The van der Waals surface area contributed by atoms with Gasteiger partial charge in [0.15, 0.2) is 6.79 Å².